The molecule has 0 spiro atoms. The molecule has 0 aliphatic carbocycles. The van der Waals surface area contributed by atoms with Gasteiger partial charge in [-0.15, -0.1) is 5.10 Å². The predicted octanol–water partition coefficient (Wildman–Crippen LogP) is 3.85. The van der Waals surface area contributed by atoms with Gasteiger partial charge >= 0.3 is 0 Å². The first-order chi connectivity index (χ1) is 14.7. The molecule has 0 bridgehead atoms. The van der Waals surface area contributed by atoms with E-state index in [9.17, 15) is 0 Å². The van der Waals surface area contributed by atoms with Crippen LogP contribution in [0.1, 0.15) is 43.7 Å². The van der Waals surface area contributed by atoms with Crippen LogP contribution in [0.25, 0.3) is 0 Å². The topological polar surface area (TPSA) is 38.5 Å². The van der Waals surface area contributed by atoms with Crippen molar-refractivity contribution in [1.29, 1.82) is 0 Å². The monoisotopic (exact) mass is 427 g/mol. The molecule has 3 aliphatic heterocycles. The molecule has 1 atom stereocenters. The molecule has 5 rings (SSSR count). The number of aromatic nitrogens is 3. The molecular weight excluding hydrogens is 394 g/mol. The summed E-state index contributed by atoms with van der Waals surface area (Å²) >= 11 is 5.94. The first-order valence-corrected chi connectivity index (χ1v) is 11.9. The second-order valence-corrected chi connectivity index (χ2v) is 9.58. The summed E-state index contributed by atoms with van der Waals surface area (Å²) in [6.07, 6.45) is 6.07. The third-order valence-electron chi connectivity index (χ3n) is 6.92. The van der Waals surface area contributed by atoms with Crippen molar-refractivity contribution in [2.24, 2.45) is 5.92 Å². The average Bonchev–Trinajstić information content (AvgIpc) is 3.38. The maximum atomic E-state index is 5.94. The highest BCUT2D eigenvalue weighted by Gasteiger charge is 2.26. The fourth-order valence-electron chi connectivity index (χ4n) is 4.98. The number of fused-ring (bicyclic) bond motifs is 1. The number of nitrogens with zero attached hydrogens (tertiary/aromatic N) is 5. The summed E-state index contributed by atoms with van der Waals surface area (Å²) in [7, 11) is 0. The van der Waals surface area contributed by atoms with Crippen molar-refractivity contribution in [3.8, 4) is 0 Å². The molecule has 0 saturated carbocycles. The predicted molar refractivity (Wildman–Crippen MR) is 121 cm³/mol. The molecule has 1 aromatic heterocycles. The highest BCUT2D eigenvalue weighted by atomic mass is 32.1. The van der Waals surface area contributed by atoms with E-state index in [0.717, 1.165) is 81.9 Å². The van der Waals surface area contributed by atoms with Crippen molar-refractivity contribution in [1.82, 2.24) is 19.2 Å². The Morgan fingerprint density at radius 2 is 1.90 bits per heavy atom. The van der Waals surface area contributed by atoms with Gasteiger partial charge in [0.1, 0.15) is 0 Å². The van der Waals surface area contributed by atoms with Crippen LogP contribution in [0.15, 0.2) is 24.3 Å². The summed E-state index contributed by atoms with van der Waals surface area (Å²) < 4.78 is 11.1. The number of ether oxygens (including phenoxy) is 1. The molecule has 6 nitrogen and oxygen atoms in total. The molecule has 2 fully saturated rings. The standard InChI is InChI=1S/C23H33N5OS/c1-18-8-12-26(13-9-18)22-24-28(23(30)27(22)16-21-7-4-14-29-21)17-25-11-10-19-5-2-3-6-20(19)15-25/h2-3,5-6,18,21H,4,7-17H2,1H3/t21-/m0/s1. The molecule has 0 amide bonds. The molecule has 1 aromatic carbocycles. The third-order valence-corrected chi connectivity index (χ3v) is 7.35. The van der Waals surface area contributed by atoms with E-state index in [0.29, 0.717) is 0 Å². The smallest absolute Gasteiger partial charge is 0.226 e. The van der Waals surface area contributed by atoms with Crippen LogP contribution < -0.4 is 4.90 Å². The zero-order chi connectivity index (χ0) is 20.5. The van der Waals surface area contributed by atoms with E-state index in [-0.39, 0.29) is 6.10 Å². The third kappa shape index (κ3) is 4.20. The van der Waals surface area contributed by atoms with Gasteiger partial charge in [-0.2, -0.15) is 0 Å². The summed E-state index contributed by atoms with van der Waals surface area (Å²) in [5.74, 6) is 1.84. The Hall–Kier alpha value is -1.70. The van der Waals surface area contributed by atoms with Gasteiger partial charge < -0.3 is 9.64 Å². The lowest BCUT2D eigenvalue weighted by Gasteiger charge is -2.31. The average molecular weight is 428 g/mol. The molecule has 162 valence electrons. The van der Waals surface area contributed by atoms with Gasteiger partial charge in [0.15, 0.2) is 0 Å². The summed E-state index contributed by atoms with van der Waals surface area (Å²) in [5, 5.41) is 5.05. The van der Waals surface area contributed by atoms with Crippen molar-refractivity contribution in [2.45, 2.75) is 64.9 Å². The number of anilines is 1. The lowest BCUT2D eigenvalue weighted by Crippen LogP contribution is -2.35. The largest absolute Gasteiger partial charge is 0.376 e. The number of rotatable bonds is 5. The Bertz CT molecular complexity index is 924. The van der Waals surface area contributed by atoms with Crippen molar-refractivity contribution in [3.63, 3.8) is 0 Å². The van der Waals surface area contributed by atoms with E-state index in [2.05, 4.69) is 45.6 Å². The quantitative estimate of drug-likeness (QED) is 0.678. The fraction of sp³-hybridized carbons (Fsp3) is 0.652. The van der Waals surface area contributed by atoms with Crippen molar-refractivity contribution < 1.29 is 4.74 Å². The van der Waals surface area contributed by atoms with Crippen LogP contribution in [0, 0.1) is 10.7 Å². The van der Waals surface area contributed by atoms with Gasteiger partial charge in [-0.25, -0.2) is 4.68 Å². The Morgan fingerprint density at radius 3 is 2.67 bits per heavy atom. The van der Waals surface area contributed by atoms with E-state index < -0.39 is 0 Å². The lowest BCUT2D eigenvalue weighted by atomic mass is 10.00. The zero-order valence-corrected chi connectivity index (χ0v) is 18.8. The van der Waals surface area contributed by atoms with Gasteiger partial charge in [-0.05, 0) is 61.4 Å². The molecule has 0 radical (unpaired) electrons. The number of hydrogen-bond acceptors (Lipinski definition) is 5. The van der Waals surface area contributed by atoms with Gasteiger partial charge in [0.25, 0.3) is 0 Å². The Kier molecular flexibility index (Phi) is 5.94. The van der Waals surface area contributed by atoms with Crippen LogP contribution in [-0.2, 0) is 30.9 Å². The van der Waals surface area contributed by atoms with Crippen molar-refractivity contribution in [3.05, 3.63) is 40.2 Å². The minimum absolute atomic E-state index is 0.263. The molecule has 2 saturated heterocycles. The normalized spacial score (nSPS) is 23.1. The van der Waals surface area contributed by atoms with Gasteiger partial charge in [0.2, 0.25) is 10.7 Å². The Balaban J connectivity index is 1.38. The maximum Gasteiger partial charge on any atom is 0.226 e. The Labute approximate surface area is 184 Å². The molecule has 30 heavy (non-hydrogen) atoms. The first kappa shape index (κ1) is 20.2. The highest BCUT2D eigenvalue weighted by Crippen LogP contribution is 2.25. The SMILES string of the molecule is CC1CCN(c2nn(CN3CCc4ccccc4C3)c(=S)n2C[C@@H]2CCCO2)CC1. The van der Waals surface area contributed by atoms with E-state index >= 15 is 0 Å². The zero-order valence-electron chi connectivity index (χ0n) is 18.0. The molecule has 7 heteroatoms. The summed E-state index contributed by atoms with van der Waals surface area (Å²) in [6, 6.07) is 8.78. The van der Waals surface area contributed by atoms with E-state index in [1.165, 1.54) is 24.0 Å². The van der Waals surface area contributed by atoms with Crippen LogP contribution in [0.2, 0.25) is 0 Å². The second-order valence-electron chi connectivity index (χ2n) is 9.21. The number of piperidine rings is 1. The lowest BCUT2D eigenvalue weighted by molar-refractivity contribution is 0.0964. The van der Waals surface area contributed by atoms with Crippen LogP contribution in [-0.4, -0.2) is 51.6 Å². The summed E-state index contributed by atoms with van der Waals surface area (Å²) in [5.41, 5.74) is 2.91. The first-order valence-electron chi connectivity index (χ1n) is 11.5. The number of benzene rings is 1. The van der Waals surface area contributed by atoms with Gasteiger partial charge in [0.05, 0.1) is 19.3 Å². The van der Waals surface area contributed by atoms with Crippen LogP contribution in [0.3, 0.4) is 0 Å². The molecule has 0 N–H and O–H groups in total. The highest BCUT2D eigenvalue weighted by molar-refractivity contribution is 7.71. The number of hydrogen-bond donors (Lipinski definition) is 0. The molecular formula is C23H33N5OS. The van der Waals surface area contributed by atoms with Gasteiger partial charge in [-0.1, -0.05) is 31.2 Å². The maximum absolute atomic E-state index is 5.94. The van der Waals surface area contributed by atoms with Gasteiger partial charge in [-0.3, -0.25) is 9.47 Å². The molecule has 4 heterocycles. The summed E-state index contributed by atoms with van der Waals surface area (Å²) in [6.45, 7) is 8.94. The summed E-state index contributed by atoms with van der Waals surface area (Å²) in [4.78, 5) is 4.90. The van der Waals surface area contributed by atoms with Crippen LogP contribution in [0.5, 0.6) is 0 Å². The molecule has 0 unspecified atom stereocenters. The van der Waals surface area contributed by atoms with E-state index in [1.54, 1.807) is 0 Å². The Morgan fingerprint density at radius 1 is 1.10 bits per heavy atom. The minimum Gasteiger partial charge on any atom is -0.376 e. The van der Waals surface area contributed by atoms with E-state index in [4.69, 9.17) is 22.1 Å². The van der Waals surface area contributed by atoms with Crippen molar-refractivity contribution >= 4 is 18.2 Å². The van der Waals surface area contributed by atoms with Crippen LogP contribution >= 0.6 is 12.2 Å². The minimum atomic E-state index is 0.263. The van der Waals surface area contributed by atoms with Crippen molar-refractivity contribution in [2.75, 3.05) is 31.1 Å². The second kappa shape index (κ2) is 8.81. The van der Waals surface area contributed by atoms with E-state index in [1.807, 2.05) is 4.68 Å². The van der Waals surface area contributed by atoms with Crippen LogP contribution in [0.4, 0.5) is 5.95 Å². The fourth-order valence-corrected chi connectivity index (χ4v) is 5.24. The molecule has 2 aromatic rings. The van der Waals surface area contributed by atoms with Gasteiger partial charge in [0, 0.05) is 32.8 Å². The molecule has 3 aliphatic rings.